The second kappa shape index (κ2) is 9.09. The Balaban J connectivity index is 1.72. The number of carbonyl (C=O) groups excluding carboxylic acids is 2. The third-order valence-corrected chi connectivity index (χ3v) is 3.24. The number of methoxy groups -OCH3 is 1. The highest BCUT2D eigenvalue weighted by atomic mass is 16.5. The molecule has 2 amide bonds. The molecule has 24 heavy (non-hydrogen) atoms. The number of rotatable bonds is 6. The van der Waals surface area contributed by atoms with E-state index in [1.165, 1.54) is 6.21 Å². The van der Waals surface area contributed by atoms with Gasteiger partial charge in [-0.05, 0) is 41.8 Å². The van der Waals surface area contributed by atoms with Crippen molar-refractivity contribution in [2.45, 2.75) is 6.42 Å². The quantitative estimate of drug-likeness (QED) is 0.480. The molecule has 0 aliphatic rings. The van der Waals surface area contributed by atoms with Gasteiger partial charge in [-0.1, -0.05) is 30.3 Å². The van der Waals surface area contributed by atoms with Crippen LogP contribution in [0.4, 0.5) is 0 Å². The number of hydrogen-bond acceptors (Lipinski definition) is 4. The highest BCUT2D eigenvalue weighted by molar-refractivity contribution is 6.35. The van der Waals surface area contributed by atoms with Crippen LogP contribution in [0.1, 0.15) is 11.1 Å². The molecule has 0 atom stereocenters. The summed E-state index contributed by atoms with van der Waals surface area (Å²) < 4.78 is 5.05. The second-order valence-electron chi connectivity index (χ2n) is 4.96. The molecule has 2 aromatic carbocycles. The highest BCUT2D eigenvalue weighted by Crippen LogP contribution is 2.09. The summed E-state index contributed by atoms with van der Waals surface area (Å²) in [5.41, 5.74) is 4.07. The average molecular weight is 325 g/mol. The van der Waals surface area contributed by atoms with Crippen molar-refractivity contribution >= 4 is 18.0 Å². The first kappa shape index (κ1) is 17.2. The predicted molar refractivity (Wildman–Crippen MR) is 91.9 cm³/mol. The van der Waals surface area contributed by atoms with Crippen molar-refractivity contribution in [3.63, 3.8) is 0 Å². The van der Waals surface area contributed by atoms with Crippen molar-refractivity contribution < 1.29 is 14.3 Å². The summed E-state index contributed by atoms with van der Waals surface area (Å²) in [6, 6.07) is 16.8. The van der Waals surface area contributed by atoms with E-state index in [0.29, 0.717) is 13.0 Å². The molecule has 6 nitrogen and oxygen atoms in total. The van der Waals surface area contributed by atoms with E-state index in [4.69, 9.17) is 4.74 Å². The maximum Gasteiger partial charge on any atom is 0.329 e. The molecule has 2 aromatic rings. The first-order chi connectivity index (χ1) is 11.7. The van der Waals surface area contributed by atoms with Crippen molar-refractivity contribution in [2.75, 3.05) is 13.7 Å². The largest absolute Gasteiger partial charge is 0.497 e. The topological polar surface area (TPSA) is 79.8 Å². The Hall–Kier alpha value is -3.15. The zero-order chi connectivity index (χ0) is 17.2. The van der Waals surface area contributed by atoms with E-state index >= 15 is 0 Å². The minimum Gasteiger partial charge on any atom is -0.497 e. The first-order valence-electron chi connectivity index (χ1n) is 7.48. The van der Waals surface area contributed by atoms with E-state index in [1.807, 2.05) is 30.3 Å². The second-order valence-corrected chi connectivity index (χ2v) is 4.96. The van der Waals surface area contributed by atoms with Crippen LogP contribution in [0.15, 0.2) is 59.7 Å². The molecule has 0 bridgehead atoms. The number of benzene rings is 2. The van der Waals surface area contributed by atoms with Crippen LogP contribution < -0.4 is 15.5 Å². The van der Waals surface area contributed by atoms with E-state index in [-0.39, 0.29) is 0 Å². The lowest BCUT2D eigenvalue weighted by molar-refractivity contribution is -0.139. The maximum atomic E-state index is 11.6. The van der Waals surface area contributed by atoms with Gasteiger partial charge in [0.25, 0.3) is 0 Å². The van der Waals surface area contributed by atoms with Gasteiger partial charge in [0.2, 0.25) is 0 Å². The minimum atomic E-state index is -0.798. The van der Waals surface area contributed by atoms with Gasteiger partial charge in [0, 0.05) is 6.54 Å². The van der Waals surface area contributed by atoms with Crippen molar-refractivity contribution in [1.82, 2.24) is 10.7 Å². The van der Waals surface area contributed by atoms with Crippen molar-refractivity contribution in [2.24, 2.45) is 5.10 Å². The summed E-state index contributed by atoms with van der Waals surface area (Å²) in [6.45, 7) is 0.387. The minimum absolute atomic E-state index is 0.387. The van der Waals surface area contributed by atoms with Crippen LogP contribution in [0.2, 0.25) is 0 Å². The summed E-state index contributed by atoms with van der Waals surface area (Å²) >= 11 is 0. The number of carbonyl (C=O) groups is 2. The molecule has 6 heteroatoms. The molecule has 2 rings (SSSR count). The fraction of sp³-hybridized carbons (Fsp3) is 0.167. The summed E-state index contributed by atoms with van der Waals surface area (Å²) in [7, 11) is 1.58. The number of ether oxygens (including phenoxy) is 1. The van der Waals surface area contributed by atoms with Crippen LogP contribution in [-0.2, 0) is 16.0 Å². The van der Waals surface area contributed by atoms with Crippen molar-refractivity contribution in [3.8, 4) is 5.75 Å². The van der Waals surface area contributed by atoms with E-state index in [0.717, 1.165) is 16.9 Å². The third-order valence-electron chi connectivity index (χ3n) is 3.24. The van der Waals surface area contributed by atoms with Gasteiger partial charge in [-0.2, -0.15) is 5.10 Å². The zero-order valence-electron chi connectivity index (χ0n) is 13.4. The summed E-state index contributed by atoms with van der Waals surface area (Å²) in [5.74, 6) is -0.778. The van der Waals surface area contributed by atoms with Crippen LogP contribution in [0.3, 0.4) is 0 Å². The van der Waals surface area contributed by atoms with Gasteiger partial charge >= 0.3 is 11.8 Å². The molecule has 0 spiro atoms. The van der Waals surface area contributed by atoms with E-state index < -0.39 is 11.8 Å². The van der Waals surface area contributed by atoms with Crippen LogP contribution in [0.5, 0.6) is 5.75 Å². The molecule has 0 aromatic heterocycles. The molecule has 0 aliphatic carbocycles. The van der Waals surface area contributed by atoms with E-state index in [2.05, 4.69) is 15.8 Å². The van der Waals surface area contributed by atoms with Gasteiger partial charge in [-0.15, -0.1) is 0 Å². The van der Waals surface area contributed by atoms with Crippen LogP contribution in [-0.4, -0.2) is 31.7 Å². The molecular weight excluding hydrogens is 306 g/mol. The summed E-state index contributed by atoms with van der Waals surface area (Å²) in [6.07, 6.45) is 2.11. The number of hydrogen-bond donors (Lipinski definition) is 2. The smallest absolute Gasteiger partial charge is 0.329 e. The van der Waals surface area contributed by atoms with E-state index in [1.54, 1.807) is 31.4 Å². The van der Waals surface area contributed by atoms with Crippen LogP contribution in [0.25, 0.3) is 0 Å². The van der Waals surface area contributed by atoms with Gasteiger partial charge in [0.15, 0.2) is 0 Å². The molecule has 0 unspecified atom stereocenters. The lowest BCUT2D eigenvalue weighted by Crippen LogP contribution is -2.38. The normalized spacial score (nSPS) is 10.4. The molecule has 0 saturated carbocycles. The third kappa shape index (κ3) is 5.57. The van der Waals surface area contributed by atoms with Gasteiger partial charge in [-0.25, -0.2) is 5.43 Å². The van der Waals surface area contributed by atoms with Crippen LogP contribution >= 0.6 is 0 Å². The number of nitrogens with one attached hydrogen (secondary N) is 2. The lowest BCUT2D eigenvalue weighted by Gasteiger charge is -2.04. The fourth-order valence-electron chi connectivity index (χ4n) is 1.95. The number of hydrazone groups is 1. The Bertz CT molecular complexity index is 697. The monoisotopic (exact) mass is 325 g/mol. The predicted octanol–water partition coefficient (Wildman–Crippen LogP) is 1.50. The fourth-order valence-corrected chi connectivity index (χ4v) is 1.95. The van der Waals surface area contributed by atoms with Crippen molar-refractivity contribution in [1.29, 1.82) is 0 Å². The number of amides is 2. The van der Waals surface area contributed by atoms with Gasteiger partial charge < -0.3 is 10.1 Å². The Morgan fingerprint density at radius 2 is 1.75 bits per heavy atom. The first-order valence-corrected chi connectivity index (χ1v) is 7.48. The van der Waals surface area contributed by atoms with Crippen LogP contribution in [0, 0.1) is 0 Å². The molecular formula is C18H19N3O3. The summed E-state index contributed by atoms with van der Waals surface area (Å²) in [5, 5.41) is 6.31. The summed E-state index contributed by atoms with van der Waals surface area (Å²) in [4.78, 5) is 23.3. The van der Waals surface area contributed by atoms with Gasteiger partial charge in [-0.3, -0.25) is 9.59 Å². The molecule has 2 N–H and O–H groups in total. The lowest BCUT2D eigenvalue weighted by atomic mass is 10.1. The van der Waals surface area contributed by atoms with Gasteiger partial charge in [0.1, 0.15) is 5.75 Å². The average Bonchev–Trinajstić information content (AvgIpc) is 2.63. The number of nitrogens with zero attached hydrogens (tertiary/aromatic N) is 1. The van der Waals surface area contributed by atoms with Crippen molar-refractivity contribution in [3.05, 3.63) is 65.7 Å². The van der Waals surface area contributed by atoms with E-state index in [9.17, 15) is 9.59 Å². The molecule has 0 fully saturated rings. The Labute approximate surface area is 140 Å². The molecule has 124 valence electrons. The Kier molecular flexibility index (Phi) is 6.52. The Morgan fingerprint density at radius 3 is 2.42 bits per heavy atom. The standard InChI is InChI=1S/C18H19N3O3/c1-24-16-9-7-15(8-10-16)13-20-21-18(23)17(22)19-12-11-14-5-3-2-4-6-14/h2-10,13H,11-12H2,1H3,(H,19,22)(H,21,23). The highest BCUT2D eigenvalue weighted by Gasteiger charge is 2.11. The van der Waals surface area contributed by atoms with Gasteiger partial charge in [0.05, 0.1) is 13.3 Å². The molecule has 0 aliphatic heterocycles. The molecule has 0 heterocycles. The zero-order valence-corrected chi connectivity index (χ0v) is 13.4. The maximum absolute atomic E-state index is 11.6. The SMILES string of the molecule is COc1ccc(C=NNC(=O)C(=O)NCCc2ccccc2)cc1. The molecule has 0 saturated heterocycles. The molecule has 0 radical (unpaired) electrons. The Morgan fingerprint density at radius 1 is 1.04 bits per heavy atom.